The summed E-state index contributed by atoms with van der Waals surface area (Å²) in [5.74, 6) is 0.567. The van der Waals surface area contributed by atoms with E-state index in [4.69, 9.17) is 0 Å². The molecular formula is C13H17BrN2O3. The number of benzene rings is 1. The van der Waals surface area contributed by atoms with Gasteiger partial charge in [-0.2, -0.15) is 0 Å². The summed E-state index contributed by atoms with van der Waals surface area (Å²) in [5, 5.41) is 19.9. The van der Waals surface area contributed by atoms with Gasteiger partial charge in [-0.05, 0) is 37.4 Å². The Labute approximate surface area is 120 Å². The summed E-state index contributed by atoms with van der Waals surface area (Å²) in [5.41, 5.74) is 1.13. The minimum Gasteiger partial charge on any atom is -0.393 e. The Balaban J connectivity index is 1.93. The molecule has 1 aromatic carbocycles. The van der Waals surface area contributed by atoms with E-state index >= 15 is 0 Å². The van der Waals surface area contributed by atoms with Gasteiger partial charge in [-0.3, -0.25) is 10.1 Å². The number of nitro benzene ring substituents is 1. The fourth-order valence-corrected chi connectivity index (χ4v) is 2.92. The van der Waals surface area contributed by atoms with Gasteiger partial charge in [0, 0.05) is 29.7 Å². The lowest BCUT2D eigenvalue weighted by Gasteiger charge is -2.34. The van der Waals surface area contributed by atoms with E-state index in [1.54, 1.807) is 6.07 Å². The Bertz CT molecular complexity index is 475. The molecule has 0 radical (unpaired) electrons. The Morgan fingerprint density at radius 3 is 2.74 bits per heavy atom. The van der Waals surface area contributed by atoms with Crippen LogP contribution in [0.25, 0.3) is 0 Å². The molecule has 5 nitrogen and oxygen atoms in total. The molecule has 6 heteroatoms. The number of aliphatic hydroxyl groups is 1. The lowest BCUT2D eigenvalue weighted by molar-refractivity contribution is -0.384. The van der Waals surface area contributed by atoms with E-state index in [0.29, 0.717) is 5.92 Å². The average Bonchev–Trinajstić information content (AvgIpc) is 2.29. The molecule has 0 unspecified atom stereocenters. The first kappa shape index (κ1) is 14.4. The van der Waals surface area contributed by atoms with Crippen LogP contribution >= 0.6 is 15.9 Å². The molecule has 0 saturated heterocycles. The van der Waals surface area contributed by atoms with Crippen molar-refractivity contribution < 1.29 is 10.0 Å². The van der Waals surface area contributed by atoms with Crippen LogP contribution in [0, 0.1) is 16.0 Å². The van der Waals surface area contributed by atoms with Crippen molar-refractivity contribution in [2.75, 3.05) is 13.6 Å². The molecule has 1 aliphatic rings. The van der Waals surface area contributed by atoms with Gasteiger partial charge < -0.3 is 10.0 Å². The molecule has 1 saturated carbocycles. The van der Waals surface area contributed by atoms with Crippen LogP contribution in [0.2, 0.25) is 0 Å². The molecule has 1 fully saturated rings. The number of nitrogens with zero attached hydrogens (tertiary/aromatic N) is 2. The summed E-state index contributed by atoms with van der Waals surface area (Å²) >= 11 is 3.38. The third kappa shape index (κ3) is 3.75. The van der Waals surface area contributed by atoms with Gasteiger partial charge in [-0.15, -0.1) is 0 Å². The van der Waals surface area contributed by atoms with Gasteiger partial charge in [0.15, 0.2) is 0 Å². The van der Waals surface area contributed by atoms with Crippen molar-refractivity contribution in [3.8, 4) is 0 Å². The Morgan fingerprint density at radius 1 is 1.53 bits per heavy atom. The average molecular weight is 329 g/mol. The maximum absolute atomic E-state index is 10.7. The number of rotatable bonds is 5. The lowest BCUT2D eigenvalue weighted by Crippen LogP contribution is -2.36. The van der Waals surface area contributed by atoms with Crippen molar-refractivity contribution in [3.63, 3.8) is 0 Å². The number of halogens is 1. The second-order valence-corrected chi connectivity index (χ2v) is 6.08. The lowest BCUT2D eigenvalue weighted by atomic mass is 9.82. The predicted molar refractivity (Wildman–Crippen MR) is 75.9 cm³/mol. The summed E-state index contributed by atoms with van der Waals surface area (Å²) in [6, 6.07) is 4.85. The molecule has 0 aromatic heterocycles. The van der Waals surface area contributed by atoms with Crippen LogP contribution in [-0.4, -0.2) is 34.6 Å². The number of non-ortho nitro benzene ring substituents is 1. The van der Waals surface area contributed by atoms with Crippen LogP contribution in [0.5, 0.6) is 0 Å². The Hall–Kier alpha value is -0.980. The third-order valence-electron chi connectivity index (χ3n) is 3.47. The summed E-state index contributed by atoms with van der Waals surface area (Å²) in [7, 11) is 2.03. The van der Waals surface area contributed by atoms with E-state index in [0.717, 1.165) is 36.0 Å². The van der Waals surface area contributed by atoms with Gasteiger partial charge in [-0.1, -0.05) is 15.9 Å². The molecule has 0 amide bonds. The van der Waals surface area contributed by atoms with E-state index in [1.807, 2.05) is 7.05 Å². The fourth-order valence-electron chi connectivity index (χ4n) is 2.42. The van der Waals surface area contributed by atoms with Gasteiger partial charge in [0.2, 0.25) is 0 Å². The van der Waals surface area contributed by atoms with E-state index in [-0.39, 0.29) is 11.8 Å². The van der Waals surface area contributed by atoms with Crippen molar-refractivity contribution in [2.24, 2.45) is 5.92 Å². The topological polar surface area (TPSA) is 66.6 Å². The SMILES string of the molecule is CN(Cc1ccc([N+](=O)[O-])cc1Br)CC1CC(O)C1. The molecule has 1 aromatic rings. The number of aliphatic hydroxyl groups excluding tert-OH is 1. The van der Waals surface area contributed by atoms with Crippen molar-refractivity contribution >= 4 is 21.6 Å². The van der Waals surface area contributed by atoms with Crippen molar-refractivity contribution in [2.45, 2.75) is 25.5 Å². The number of hydrogen-bond donors (Lipinski definition) is 1. The molecule has 0 atom stereocenters. The zero-order valence-corrected chi connectivity index (χ0v) is 12.3. The normalized spacial score (nSPS) is 22.3. The first-order valence-corrected chi connectivity index (χ1v) is 7.04. The summed E-state index contributed by atoms with van der Waals surface area (Å²) in [6.07, 6.45) is 1.64. The minimum absolute atomic E-state index is 0.0976. The van der Waals surface area contributed by atoms with Crippen LogP contribution in [0.1, 0.15) is 18.4 Å². The molecule has 2 rings (SSSR count). The summed E-state index contributed by atoms with van der Waals surface area (Å²) < 4.78 is 0.766. The van der Waals surface area contributed by atoms with Crippen molar-refractivity contribution in [3.05, 3.63) is 38.3 Å². The van der Waals surface area contributed by atoms with Crippen LogP contribution in [0.15, 0.2) is 22.7 Å². The quantitative estimate of drug-likeness (QED) is 0.666. The van der Waals surface area contributed by atoms with Gasteiger partial charge in [-0.25, -0.2) is 0 Å². The molecule has 1 N–H and O–H groups in total. The second kappa shape index (κ2) is 5.98. The Kier molecular flexibility index (Phi) is 4.54. The molecule has 0 bridgehead atoms. The second-order valence-electron chi connectivity index (χ2n) is 5.22. The van der Waals surface area contributed by atoms with Crippen LogP contribution in [-0.2, 0) is 6.54 Å². The first-order chi connectivity index (χ1) is 8.95. The van der Waals surface area contributed by atoms with Crippen molar-refractivity contribution in [1.29, 1.82) is 0 Å². The molecule has 104 valence electrons. The van der Waals surface area contributed by atoms with E-state index in [2.05, 4.69) is 20.8 Å². The minimum atomic E-state index is -0.395. The van der Waals surface area contributed by atoms with Crippen LogP contribution in [0.3, 0.4) is 0 Å². The first-order valence-electron chi connectivity index (χ1n) is 6.25. The molecule has 0 spiro atoms. The maximum atomic E-state index is 10.7. The zero-order chi connectivity index (χ0) is 14.0. The summed E-state index contributed by atoms with van der Waals surface area (Å²) in [4.78, 5) is 12.4. The highest BCUT2D eigenvalue weighted by molar-refractivity contribution is 9.10. The highest BCUT2D eigenvalue weighted by Gasteiger charge is 2.27. The Morgan fingerprint density at radius 2 is 2.21 bits per heavy atom. The maximum Gasteiger partial charge on any atom is 0.270 e. The largest absolute Gasteiger partial charge is 0.393 e. The van der Waals surface area contributed by atoms with Gasteiger partial charge in [0.05, 0.1) is 11.0 Å². The van der Waals surface area contributed by atoms with E-state index < -0.39 is 4.92 Å². The van der Waals surface area contributed by atoms with Gasteiger partial charge in [0.25, 0.3) is 5.69 Å². The van der Waals surface area contributed by atoms with Crippen LogP contribution in [0.4, 0.5) is 5.69 Å². The third-order valence-corrected chi connectivity index (χ3v) is 4.21. The fraction of sp³-hybridized carbons (Fsp3) is 0.538. The predicted octanol–water partition coefficient (Wildman–Crippen LogP) is 2.56. The highest BCUT2D eigenvalue weighted by atomic mass is 79.9. The molecule has 19 heavy (non-hydrogen) atoms. The van der Waals surface area contributed by atoms with E-state index in [9.17, 15) is 15.2 Å². The van der Waals surface area contributed by atoms with Crippen molar-refractivity contribution in [1.82, 2.24) is 4.90 Å². The van der Waals surface area contributed by atoms with Gasteiger partial charge >= 0.3 is 0 Å². The molecule has 0 aliphatic heterocycles. The number of nitro groups is 1. The highest BCUT2D eigenvalue weighted by Crippen LogP contribution is 2.29. The van der Waals surface area contributed by atoms with Gasteiger partial charge in [0.1, 0.15) is 0 Å². The summed E-state index contributed by atoms with van der Waals surface area (Å²) in [6.45, 7) is 1.69. The molecule has 0 heterocycles. The standard InChI is InChI=1S/C13H17BrN2O3/c1-15(7-9-4-12(17)5-9)8-10-2-3-11(16(18)19)6-13(10)14/h2-3,6,9,12,17H,4-5,7-8H2,1H3. The van der Waals surface area contributed by atoms with E-state index in [1.165, 1.54) is 12.1 Å². The monoisotopic (exact) mass is 328 g/mol. The molecular weight excluding hydrogens is 312 g/mol. The number of hydrogen-bond acceptors (Lipinski definition) is 4. The zero-order valence-electron chi connectivity index (χ0n) is 10.8. The molecule has 1 aliphatic carbocycles. The smallest absolute Gasteiger partial charge is 0.270 e. The van der Waals surface area contributed by atoms with Crippen LogP contribution < -0.4 is 0 Å².